The molecule has 4 unspecified atom stereocenters. The Morgan fingerprint density at radius 2 is 2.10 bits per heavy atom. The first kappa shape index (κ1) is 17.1. The fourth-order valence-corrected chi connectivity index (χ4v) is 5.39. The van der Waals surface area contributed by atoms with Crippen molar-refractivity contribution in [3.05, 3.63) is 0 Å². The minimum atomic E-state index is -0.525. The number of hydrogen-bond donors (Lipinski definition) is 1. The summed E-state index contributed by atoms with van der Waals surface area (Å²) in [6.07, 6.45) is 8.65. The van der Waals surface area contributed by atoms with Gasteiger partial charge in [0.25, 0.3) is 0 Å². The van der Waals surface area contributed by atoms with Gasteiger partial charge in [-0.15, -0.1) is 0 Å². The van der Waals surface area contributed by atoms with Gasteiger partial charge in [-0.3, -0.25) is 10.1 Å². The minimum absolute atomic E-state index is 0.112. The normalized spacial score (nSPS) is 30.5. The van der Waals surface area contributed by atoms with Gasteiger partial charge in [0, 0.05) is 16.5 Å². The second-order valence-electron chi connectivity index (χ2n) is 7.29. The summed E-state index contributed by atoms with van der Waals surface area (Å²) in [4.78, 5) is 12.2. The molecule has 0 bridgehead atoms. The summed E-state index contributed by atoms with van der Waals surface area (Å²) in [7, 11) is 1.50. The Morgan fingerprint density at radius 1 is 1.38 bits per heavy atom. The molecular weight excluding hydrogens is 282 g/mol. The van der Waals surface area contributed by atoms with Crippen LogP contribution in [0.15, 0.2) is 0 Å². The average Bonchev–Trinajstić information content (AvgIpc) is 3.21. The molecule has 0 aromatic heterocycles. The molecule has 2 rings (SSSR count). The van der Waals surface area contributed by atoms with E-state index in [1.54, 1.807) is 0 Å². The summed E-state index contributed by atoms with van der Waals surface area (Å²) in [6.45, 7) is 6.64. The Balaban J connectivity index is 1.87. The van der Waals surface area contributed by atoms with Gasteiger partial charge in [0.1, 0.15) is 5.54 Å². The first-order chi connectivity index (χ1) is 9.93. The number of methoxy groups -OCH3 is 1. The highest BCUT2D eigenvalue weighted by Crippen LogP contribution is 2.37. The molecule has 2 saturated carbocycles. The summed E-state index contributed by atoms with van der Waals surface area (Å²) in [6, 6.07) is 0.515. The Kier molecular flexibility index (Phi) is 6.01. The molecule has 0 radical (unpaired) electrons. The lowest BCUT2D eigenvalue weighted by atomic mass is 9.90. The van der Waals surface area contributed by atoms with E-state index in [1.807, 2.05) is 6.92 Å². The van der Waals surface area contributed by atoms with Crippen molar-refractivity contribution >= 4 is 17.7 Å². The van der Waals surface area contributed by atoms with Gasteiger partial charge in [0.2, 0.25) is 0 Å². The number of thioether (sulfide) groups is 1. The number of rotatable bonds is 7. The zero-order chi connectivity index (χ0) is 15.5. The Morgan fingerprint density at radius 3 is 2.67 bits per heavy atom. The number of nitrogens with one attached hydrogen (secondary N) is 1. The smallest absolute Gasteiger partial charge is 0.325 e. The maximum Gasteiger partial charge on any atom is 0.325 e. The van der Waals surface area contributed by atoms with Crippen molar-refractivity contribution in [3.8, 4) is 0 Å². The van der Waals surface area contributed by atoms with Crippen molar-refractivity contribution in [1.29, 1.82) is 0 Å². The molecule has 0 aliphatic heterocycles. The molecule has 1 N–H and O–H groups in total. The molecule has 3 nitrogen and oxygen atoms in total. The SMILES string of the molecule is COC(=O)C(C)(CC(C)SC1CCCC(C)C1)NC1CC1. The maximum atomic E-state index is 12.2. The lowest BCUT2D eigenvalue weighted by molar-refractivity contribution is -0.148. The van der Waals surface area contributed by atoms with Crippen molar-refractivity contribution in [1.82, 2.24) is 5.32 Å². The largest absolute Gasteiger partial charge is 0.468 e. The van der Waals surface area contributed by atoms with E-state index in [0.29, 0.717) is 11.3 Å². The molecule has 0 aromatic rings. The highest BCUT2D eigenvalue weighted by atomic mass is 32.2. The predicted molar refractivity (Wildman–Crippen MR) is 89.7 cm³/mol. The third-order valence-corrected chi connectivity index (χ3v) is 6.19. The van der Waals surface area contributed by atoms with E-state index in [-0.39, 0.29) is 5.97 Å². The number of carbonyl (C=O) groups excluding carboxylic acids is 1. The third kappa shape index (κ3) is 5.17. The van der Waals surface area contributed by atoms with Gasteiger partial charge >= 0.3 is 5.97 Å². The standard InChI is InChI=1S/C17H31NO2S/c1-12-6-5-7-15(10-12)21-13(2)11-17(3,16(19)20-4)18-14-8-9-14/h12-15,18H,5-11H2,1-4H3. The fourth-order valence-electron chi connectivity index (χ4n) is 3.56. The predicted octanol–water partition coefficient (Wildman–Crippen LogP) is 3.76. The first-order valence-electron chi connectivity index (χ1n) is 8.44. The minimum Gasteiger partial charge on any atom is -0.468 e. The van der Waals surface area contributed by atoms with Gasteiger partial charge in [-0.2, -0.15) is 11.8 Å². The zero-order valence-electron chi connectivity index (χ0n) is 14.0. The molecule has 0 saturated heterocycles. The van der Waals surface area contributed by atoms with Crippen molar-refractivity contribution in [2.75, 3.05) is 7.11 Å². The quantitative estimate of drug-likeness (QED) is 0.726. The molecule has 4 atom stereocenters. The van der Waals surface area contributed by atoms with Gasteiger partial charge < -0.3 is 4.74 Å². The van der Waals surface area contributed by atoms with E-state index < -0.39 is 5.54 Å². The van der Waals surface area contributed by atoms with Gasteiger partial charge in [0.15, 0.2) is 0 Å². The van der Waals surface area contributed by atoms with Crippen LogP contribution in [-0.4, -0.2) is 35.2 Å². The molecule has 0 aromatic carbocycles. The van der Waals surface area contributed by atoms with Crippen LogP contribution in [-0.2, 0) is 9.53 Å². The Hall–Kier alpha value is -0.220. The molecule has 2 aliphatic carbocycles. The van der Waals surface area contributed by atoms with Crippen LogP contribution in [0.4, 0.5) is 0 Å². The van der Waals surface area contributed by atoms with Gasteiger partial charge in [-0.05, 0) is 44.9 Å². The van der Waals surface area contributed by atoms with Gasteiger partial charge in [-0.25, -0.2) is 0 Å². The van der Waals surface area contributed by atoms with E-state index in [9.17, 15) is 4.79 Å². The van der Waals surface area contributed by atoms with E-state index in [2.05, 4.69) is 30.9 Å². The maximum absolute atomic E-state index is 12.2. The number of carbonyl (C=O) groups is 1. The molecule has 2 aliphatic rings. The number of hydrogen-bond acceptors (Lipinski definition) is 4. The third-order valence-electron chi connectivity index (χ3n) is 4.74. The van der Waals surface area contributed by atoms with Crippen molar-refractivity contribution in [2.24, 2.45) is 5.92 Å². The van der Waals surface area contributed by atoms with Crippen molar-refractivity contribution in [2.45, 2.75) is 87.8 Å². The van der Waals surface area contributed by atoms with Gasteiger partial charge in [-0.1, -0.05) is 26.7 Å². The van der Waals surface area contributed by atoms with E-state index in [0.717, 1.165) is 17.6 Å². The second-order valence-corrected chi connectivity index (χ2v) is 9.03. The molecule has 0 amide bonds. The Bertz CT molecular complexity index is 359. The molecule has 21 heavy (non-hydrogen) atoms. The summed E-state index contributed by atoms with van der Waals surface area (Å²) in [5.41, 5.74) is -0.525. The lowest BCUT2D eigenvalue weighted by Gasteiger charge is -2.33. The van der Waals surface area contributed by atoms with Crippen LogP contribution >= 0.6 is 11.8 Å². The summed E-state index contributed by atoms with van der Waals surface area (Å²) < 4.78 is 5.04. The molecule has 4 heteroatoms. The van der Waals surface area contributed by atoms with Crippen molar-refractivity contribution < 1.29 is 9.53 Å². The monoisotopic (exact) mass is 313 g/mol. The van der Waals surface area contributed by atoms with E-state index in [4.69, 9.17) is 4.74 Å². The molecule has 122 valence electrons. The first-order valence-corrected chi connectivity index (χ1v) is 9.39. The van der Waals surface area contributed by atoms with Crippen LogP contribution in [0.2, 0.25) is 0 Å². The molecule has 0 heterocycles. The summed E-state index contributed by atoms with van der Waals surface area (Å²) in [5, 5.41) is 4.76. The number of ether oxygens (including phenoxy) is 1. The topological polar surface area (TPSA) is 38.3 Å². The van der Waals surface area contributed by atoms with Gasteiger partial charge in [0.05, 0.1) is 7.11 Å². The van der Waals surface area contributed by atoms with Crippen LogP contribution in [0, 0.1) is 5.92 Å². The molecule has 0 spiro atoms. The van der Waals surface area contributed by atoms with Crippen LogP contribution < -0.4 is 5.32 Å². The summed E-state index contributed by atoms with van der Waals surface area (Å²) >= 11 is 2.08. The highest BCUT2D eigenvalue weighted by molar-refractivity contribution is 8.00. The van der Waals surface area contributed by atoms with Crippen LogP contribution in [0.5, 0.6) is 0 Å². The second kappa shape index (κ2) is 7.36. The van der Waals surface area contributed by atoms with E-state index in [1.165, 1.54) is 45.6 Å². The zero-order valence-corrected chi connectivity index (χ0v) is 14.8. The average molecular weight is 314 g/mol. The number of esters is 1. The summed E-state index contributed by atoms with van der Waals surface area (Å²) in [5.74, 6) is 0.749. The highest BCUT2D eigenvalue weighted by Gasteiger charge is 2.40. The van der Waals surface area contributed by atoms with E-state index >= 15 is 0 Å². The van der Waals surface area contributed by atoms with Crippen LogP contribution in [0.25, 0.3) is 0 Å². The van der Waals surface area contributed by atoms with Crippen LogP contribution in [0.3, 0.4) is 0 Å². The lowest BCUT2D eigenvalue weighted by Crippen LogP contribution is -2.52. The molecular formula is C17H31NO2S. The molecule has 2 fully saturated rings. The van der Waals surface area contributed by atoms with Crippen molar-refractivity contribution in [3.63, 3.8) is 0 Å². The fraction of sp³-hybridized carbons (Fsp3) is 0.941. The Labute approximate surface area is 134 Å². The van der Waals surface area contributed by atoms with Crippen LogP contribution in [0.1, 0.15) is 65.7 Å².